The molecule has 24 heavy (non-hydrogen) atoms. The standard InChI is InChI=1S/C18H30N4O2/c1-11-7-12(10-24-6)14(15(19)23)16(20-11)21-13-8-17(2,3)22-18(4,5)9-13/h7,13,22H,8-10H2,1-6H3,(H2,19,23)(H,20,21)/p+2. The van der Waals surface area contributed by atoms with Gasteiger partial charge in [0, 0.05) is 25.5 Å². The zero-order valence-electron chi connectivity index (χ0n) is 15.7. The summed E-state index contributed by atoms with van der Waals surface area (Å²) in [5.74, 6) is 0.259. The van der Waals surface area contributed by atoms with E-state index in [1.54, 1.807) is 7.11 Å². The van der Waals surface area contributed by atoms with Gasteiger partial charge in [0.05, 0.1) is 23.4 Å². The number of aromatic amines is 1. The van der Waals surface area contributed by atoms with Crippen LogP contribution in [0.5, 0.6) is 0 Å². The van der Waals surface area contributed by atoms with Crippen LogP contribution in [0.2, 0.25) is 0 Å². The van der Waals surface area contributed by atoms with Crippen LogP contribution in [0.4, 0.5) is 5.82 Å². The van der Waals surface area contributed by atoms with Gasteiger partial charge in [-0.05, 0) is 40.7 Å². The second-order valence-corrected chi connectivity index (χ2v) is 8.40. The lowest BCUT2D eigenvalue weighted by Crippen LogP contribution is -3.06. The smallest absolute Gasteiger partial charge is 0.286 e. The van der Waals surface area contributed by atoms with Crippen molar-refractivity contribution in [2.45, 2.75) is 71.2 Å². The highest BCUT2D eigenvalue weighted by molar-refractivity contribution is 5.98. The second kappa shape index (κ2) is 6.69. The molecule has 1 amide bonds. The van der Waals surface area contributed by atoms with Crippen LogP contribution >= 0.6 is 0 Å². The molecule has 0 radical (unpaired) electrons. The first-order valence-corrected chi connectivity index (χ1v) is 8.51. The zero-order valence-corrected chi connectivity index (χ0v) is 15.7. The van der Waals surface area contributed by atoms with E-state index in [1.165, 1.54) is 0 Å². The van der Waals surface area contributed by atoms with E-state index in [0.717, 1.165) is 24.1 Å². The molecule has 1 aliphatic heterocycles. The lowest BCUT2D eigenvalue weighted by Gasteiger charge is -2.41. The number of pyridine rings is 1. The van der Waals surface area contributed by atoms with Crippen LogP contribution in [0.25, 0.3) is 0 Å². The van der Waals surface area contributed by atoms with Gasteiger partial charge in [-0.3, -0.25) is 10.1 Å². The lowest BCUT2D eigenvalue weighted by atomic mass is 9.79. The number of primary amides is 1. The molecule has 0 unspecified atom stereocenters. The van der Waals surface area contributed by atoms with Gasteiger partial charge in [0.1, 0.15) is 11.6 Å². The minimum Gasteiger partial charge on any atom is -0.380 e. The Morgan fingerprint density at radius 3 is 2.46 bits per heavy atom. The van der Waals surface area contributed by atoms with Crippen LogP contribution < -0.4 is 21.4 Å². The summed E-state index contributed by atoms with van der Waals surface area (Å²) >= 11 is 0. The van der Waals surface area contributed by atoms with Crippen LogP contribution in [-0.4, -0.2) is 30.1 Å². The molecule has 0 saturated carbocycles. The molecule has 1 saturated heterocycles. The molecule has 2 heterocycles. The number of anilines is 1. The number of ether oxygens (including phenoxy) is 1. The van der Waals surface area contributed by atoms with Gasteiger partial charge in [-0.15, -0.1) is 0 Å². The van der Waals surface area contributed by atoms with Crippen LogP contribution in [0.1, 0.15) is 62.2 Å². The van der Waals surface area contributed by atoms with E-state index in [9.17, 15) is 4.79 Å². The molecular weight excluding hydrogens is 304 g/mol. The first-order chi connectivity index (χ1) is 11.0. The maximum atomic E-state index is 12.0. The largest absolute Gasteiger partial charge is 0.380 e. The number of aromatic nitrogens is 1. The molecule has 0 aromatic carbocycles. The molecular formula is C18H32N4O2+2. The van der Waals surface area contributed by atoms with Gasteiger partial charge in [-0.1, -0.05) is 0 Å². The number of H-pyrrole nitrogens is 1. The Morgan fingerprint density at radius 2 is 1.96 bits per heavy atom. The summed E-state index contributed by atoms with van der Waals surface area (Å²) < 4.78 is 5.23. The van der Waals surface area contributed by atoms with Crippen molar-refractivity contribution >= 4 is 11.7 Å². The molecule has 0 atom stereocenters. The predicted molar refractivity (Wildman–Crippen MR) is 93.7 cm³/mol. The van der Waals surface area contributed by atoms with Gasteiger partial charge in [0.25, 0.3) is 11.7 Å². The van der Waals surface area contributed by atoms with E-state index in [2.05, 4.69) is 43.3 Å². The zero-order chi connectivity index (χ0) is 18.1. The number of hydrogen-bond acceptors (Lipinski definition) is 3. The highest BCUT2D eigenvalue weighted by Crippen LogP contribution is 2.26. The number of methoxy groups -OCH3 is 1. The number of aryl methyl sites for hydroxylation is 1. The summed E-state index contributed by atoms with van der Waals surface area (Å²) in [6.45, 7) is 11.4. The molecule has 6 N–H and O–H groups in total. The van der Waals surface area contributed by atoms with Gasteiger partial charge in [-0.25, -0.2) is 4.98 Å². The molecule has 1 aliphatic rings. The van der Waals surface area contributed by atoms with Crippen molar-refractivity contribution in [3.63, 3.8) is 0 Å². The molecule has 134 valence electrons. The number of hydrogen-bond donors (Lipinski definition) is 3. The molecule has 6 nitrogen and oxygen atoms in total. The Labute approximate surface area is 144 Å². The van der Waals surface area contributed by atoms with Crippen LogP contribution in [-0.2, 0) is 11.3 Å². The van der Waals surface area contributed by atoms with Gasteiger partial charge < -0.3 is 15.8 Å². The van der Waals surface area contributed by atoms with E-state index in [0.29, 0.717) is 18.0 Å². The number of piperidine rings is 1. The molecule has 0 spiro atoms. The minimum absolute atomic E-state index is 0.144. The number of amides is 1. The topological polar surface area (TPSA) is 95.1 Å². The fourth-order valence-corrected chi connectivity index (χ4v) is 4.27. The minimum atomic E-state index is -0.443. The fraction of sp³-hybridized carbons (Fsp3) is 0.667. The van der Waals surface area contributed by atoms with Crippen molar-refractivity contribution < 1.29 is 19.8 Å². The number of rotatable bonds is 5. The van der Waals surface area contributed by atoms with Crippen molar-refractivity contribution in [2.24, 2.45) is 5.73 Å². The lowest BCUT2D eigenvalue weighted by molar-refractivity contribution is -0.787. The monoisotopic (exact) mass is 336 g/mol. The molecule has 1 aromatic heterocycles. The van der Waals surface area contributed by atoms with Crippen LogP contribution in [0, 0.1) is 6.92 Å². The Kier molecular flexibility index (Phi) is 5.20. The van der Waals surface area contributed by atoms with Crippen molar-refractivity contribution in [3.05, 3.63) is 22.9 Å². The van der Waals surface area contributed by atoms with E-state index in [-0.39, 0.29) is 17.1 Å². The van der Waals surface area contributed by atoms with Crippen molar-refractivity contribution in [3.8, 4) is 0 Å². The summed E-state index contributed by atoms with van der Waals surface area (Å²) in [7, 11) is 1.62. The Bertz CT molecular complexity index is 610. The maximum Gasteiger partial charge on any atom is 0.286 e. The van der Waals surface area contributed by atoms with Crippen molar-refractivity contribution in [2.75, 3.05) is 12.4 Å². The summed E-state index contributed by atoms with van der Waals surface area (Å²) in [6.07, 6.45) is 2.02. The van der Waals surface area contributed by atoms with Gasteiger partial charge in [0.2, 0.25) is 0 Å². The summed E-state index contributed by atoms with van der Waals surface area (Å²) in [6, 6.07) is 2.18. The molecule has 2 rings (SSSR count). The summed E-state index contributed by atoms with van der Waals surface area (Å²) in [5.41, 5.74) is 8.21. The second-order valence-electron chi connectivity index (χ2n) is 8.40. The van der Waals surface area contributed by atoms with E-state index in [1.807, 2.05) is 13.0 Å². The SMILES string of the molecule is COCc1cc(C)[nH+]c(NC2CC(C)(C)[NH2+]C(C)(C)C2)c1C(N)=O. The molecule has 1 aromatic rings. The highest BCUT2D eigenvalue weighted by Gasteiger charge is 2.44. The van der Waals surface area contributed by atoms with Crippen LogP contribution in [0.15, 0.2) is 6.07 Å². The van der Waals surface area contributed by atoms with E-state index >= 15 is 0 Å². The predicted octanol–water partition coefficient (Wildman–Crippen LogP) is 0.749. The third-order valence-corrected chi connectivity index (χ3v) is 4.51. The van der Waals surface area contributed by atoms with Gasteiger partial charge >= 0.3 is 0 Å². The van der Waals surface area contributed by atoms with Gasteiger partial charge in [0.15, 0.2) is 0 Å². The van der Waals surface area contributed by atoms with Crippen molar-refractivity contribution in [1.82, 2.24) is 0 Å². The number of quaternary nitrogens is 1. The van der Waals surface area contributed by atoms with Crippen molar-refractivity contribution in [1.29, 1.82) is 0 Å². The maximum absolute atomic E-state index is 12.0. The first-order valence-electron chi connectivity index (χ1n) is 8.51. The first kappa shape index (κ1) is 18.7. The number of carbonyl (C=O) groups excluding carboxylic acids is 1. The van der Waals surface area contributed by atoms with Gasteiger partial charge in [-0.2, -0.15) is 0 Å². The molecule has 0 aliphatic carbocycles. The average molecular weight is 336 g/mol. The Morgan fingerprint density at radius 1 is 1.38 bits per heavy atom. The Hall–Kier alpha value is -1.66. The summed E-state index contributed by atoms with van der Waals surface area (Å²) in [5, 5.41) is 5.98. The quantitative estimate of drug-likeness (QED) is 0.740. The summed E-state index contributed by atoms with van der Waals surface area (Å²) in [4.78, 5) is 15.3. The third kappa shape index (κ3) is 4.45. The van der Waals surface area contributed by atoms with E-state index < -0.39 is 5.91 Å². The number of carbonyl (C=O) groups is 1. The molecule has 0 bridgehead atoms. The third-order valence-electron chi connectivity index (χ3n) is 4.51. The normalized spacial score (nSPS) is 19.9. The number of nitrogens with one attached hydrogen (secondary N) is 2. The number of nitrogens with two attached hydrogens (primary N) is 2. The molecule has 6 heteroatoms. The fourth-order valence-electron chi connectivity index (χ4n) is 4.27. The molecule has 1 fully saturated rings. The Balaban J connectivity index is 2.36. The average Bonchev–Trinajstić information content (AvgIpc) is 2.33. The van der Waals surface area contributed by atoms with Crippen LogP contribution in [0.3, 0.4) is 0 Å². The highest BCUT2D eigenvalue weighted by atomic mass is 16.5. The van der Waals surface area contributed by atoms with E-state index in [4.69, 9.17) is 10.5 Å².